The van der Waals surface area contributed by atoms with Gasteiger partial charge in [0.05, 0.1) is 13.3 Å². The highest BCUT2D eigenvalue weighted by Crippen LogP contribution is 2.22. The van der Waals surface area contributed by atoms with Crippen LogP contribution >= 0.6 is 0 Å². The van der Waals surface area contributed by atoms with Crippen LogP contribution in [0.1, 0.15) is 19.4 Å². The molecule has 0 aliphatic rings. The molecule has 0 fully saturated rings. The molecule has 4 heteroatoms. The monoisotopic (exact) mass is 208 g/mol. The molecule has 0 aliphatic carbocycles. The maximum Gasteiger partial charge on any atom is 0.223 e. The lowest BCUT2D eigenvalue weighted by atomic mass is 9.85. The second kappa shape index (κ2) is 4.29. The Balaban J connectivity index is 2.85. The van der Waals surface area contributed by atoms with E-state index in [1.165, 1.54) is 0 Å². The summed E-state index contributed by atoms with van der Waals surface area (Å²) in [6.07, 6.45) is 3.90. The van der Waals surface area contributed by atoms with Crippen LogP contribution < -0.4 is 10.5 Å². The standard InChI is InChI=1S/C11H16N2O2/c1-11(2,10(12)14)5-8-4-9(15-3)7-13-6-8/h4,6-7H,5H2,1-3H3,(H2,12,14). The lowest BCUT2D eigenvalue weighted by Crippen LogP contribution is -2.33. The Hall–Kier alpha value is -1.58. The molecule has 0 unspecified atom stereocenters. The van der Waals surface area contributed by atoms with Crippen LogP contribution in [0.15, 0.2) is 18.5 Å². The fraction of sp³-hybridized carbons (Fsp3) is 0.455. The molecule has 4 nitrogen and oxygen atoms in total. The second-order valence-corrected chi connectivity index (χ2v) is 4.16. The van der Waals surface area contributed by atoms with Gasteiger partial charge in [0.15, 0.2) is 0 Å². The highest BCUT2D eigenvalue weighted by Gasteiger charge is 2.25. The van der Waals surface area contributed by atoms with Crippen LogP contribution in [0.5, 0.6) is 5.75 Å². The molecule has 1 aromatic heterocycles. The summed E-state index contributed by atoms with van der Waals surface area (Å²) in [4.78, 5) is 15.2. The van der Waals surface area contributed by atoms with E-state index in [2.05, 4.69) is 4.98 Å². The van der Waals surface area contributed by atoms with Crippen molar-refractivity contribution in [3.63, 3.8) is 0 Å². The topological polar surface area (TPSA) is 65.2 Å². The predicted octanol–water partition coefficient (Wildman–Crippen LogP) is 1.14. The summed E-state index contributed by atoms with van der Waals surface area (Å²) in [7, 11) is 1.58. The van der Waals surface area contributed by atoms with Gasteiger partial charge in [-0.15, -0.1) is 0 Å². The average Bonchev–Trinajstić information content (AvgIpc) is 2.17. The van der Waals surface area contributed by atoms with Gasteiger partial charge in [0.25, 0.3) is 0 Å². The number of hydrogen-bond donors (Lipinski definition) is 1. The van der Waals surface area contributed by atoms with Crippen LogP contribution in [0.3, 0.4) is 0 Å². The number of methoxy groups -OCH3 is 1. The van der Waals surface area contributed by atoms with Crippen molar-refractivity contribution < 1.29 is 9.53 Å². The van der Waals surface area contributed by atoms with Crippen LogP contribution in [0.4, 0.5) is 0 Å². The van der Waals surface area contributed by atoms with Gasteiger partial charge in [0, 0.05) is 11.6 Å². The van der Waals surface area contributed by atoms with Crippen LogP contribution in [-0.2, 0) is 11.2 Å². The minimum absolute atomic E-state index is 0.315. The van der Waals surface area contributed by atoms with E-state index < -0.39 is 5.41 Å². The second-order valence-electron chi connectivity index (χ2n) is 4.16. The van der Waals surface area contributed by atoms with Crippen molar-refractivity contribution in [2.45, 2.75) is 20.3 Å². The maximum absolute atomic E-state index is 11.2. The summed E-state index contributed by atoms with van der Waals surface area (Å²) in [6.45, 7) is 3.63. The van der Waals surface area contributed by atoms with Crippen molar-refractivity contribution >= 4 is 5.91 Å². The molecule has 0 saturated carbocycles. The lowest BCUT2D eigenvalue weighted by molar-refractivity contribution is -0.125. The first kappa shape index (κ1) is 11.5. The Kier molecular flexibility index (Phi) is 3.29. The number of rotatable bonds is 4. The Bertz CT molecular complexity index is 361. The number of ether oxygens (including phenoxy) is 1. The molecule has 0 atom stereocenters. The van der Waals surface area contributed by atoms with Gasteiger partial charge in [0.1, 0.15) is 5.75 Å². The number of amides is 1. The van der Waals surface area contributed by atoms with E-state index in [0.717, 1.165) is 5.56 Å². The van der Waals surface area contributed by atoms with Crippen LogP contribution in [0, 0.1) is 5.41 Å². The fourth-order valence-electron chi connectivity index (χ4n) is 1.27. The first-order valence-corrected chi connectivity index (χ1v) is 4.73. The van der Waals surface area contributed by atoms with Gasteiger partial charge in [-0.05, 0) is 18.1 Å². The number of nitrogens with zero attached hydrogens (tertiary/aromatic N) is 1. The van der Waals surface area contributed by atoms with E-state index in [1.807, 2.05) is 19.9 Å². The molecule has 15 heavy (non-hydrogen) atoms. The number of carbonyl (C=O) groups excluding carboxylic acids is 1. The van der Waals surface area contributed by atoms with Gasteiger partial charge in [-0.3, -0.25) is 9.78 Å². The molecule has 1 heterocycles. The predicted molar refractivity (Wildman–Crippen MR) is 57.5 cm³/mol. The van der Waals surface area contributed by atoms with Crippen molar-refractivity contribution in [3.05, 3.63) is 24.0 Å². The number of aromatic nitrogens is 1. The lowest BCUT2D eigenvalue weighted by Gasteiger charge is -2.20. The summed E-state index contributed by atoms with van der Waals surface area (Å²) >= 11 is 0. The number of nitrogens with two attached hydrogens (primary N) is 1. The summed E-state index contributed by atoms with van der Waals surface area (Å²) in [5.74, 6) is 0.373. The van der Waals surface area contributed by atoms with Crippen molar-refractivity contribution in [1.82, 2.24) is 4.98 Å². The van der Waals surface area contributed by atoms with E-state index in [-0.39, 0.29) is 5.91 Å². The number of hydrogen-bond acceptors (Lipinski definition) is 3. The quantitative estimate of drug-likeness (QED) is 0.807. The highest BCUT2D eigenvalue weighted by molar-refractivity contribution is 5.80. The van der Waals surface area contributed by atoms with E-state index in [0.29, 0.717) is 12.2 Å². The summed E-state index contributed by atoms with van der Waals surface area (Å²) in [5.41, 5.74) is 5.68. The van der Waals surface area contributed by atoms with Gasteiger partial charge in [0.2, 0.25) is 5.91 Å². The molecule has 0 spiro atoms. The van der Waals surface area contributed by atoms with Crippen LogP contribution in [-0.4, -0.2) is 18.0 Å². The largest absolute Gasteiger partial charge is 0.495 e. The molecule has 1 rings (SSSR count). The first-order valence-electron chi connectivity index (χ1n) is 4.73. The van der Waals surface area contributed by atoms with E-state index in [4.69, 9.17) is 10.5 Å². The van der Waals surface area contributed by atoms with Crippen molar-refractivity contribution in [2.24, 2.45) is 11.1 Å². The Morgan fingerprint density at radius 1 is 1.53 bits per heavy atom. The zero-order valence-corrected chi connectivity index (χ0v) is 9.28. The molecule has 0 aliphatic heterocycles. The average molecular weight is 208 g/mol. The van der Waals surface area contributed by atoms with Gasteiger partial charge in [-0.2, -0.15) is 0 Å². The summed E-state index contributed by atoms with van der Waals surface area (Å²) in [6, 6.07) is 1.86. The molecule has 0 saturated heterocycles. The Morgan fingerprint density at radius 2 is 2.20 bits per heavy atom. The van der Waals surface area contributed by atoms with E-state index in [1.54, 1.807) is 19.5 Å². The Morgan fingerprint density at radius 3 is 2.73 bits per heavy atom. The fourth-order valence-corrected chi connectivity index (χ4v) is 1.27. The summed E-state index contributed by atoms with van der Waals surface area (Å²) < 4.78 is 5.05. The molecule has 82 valence electrons. The SMILES string of the molecule is COc1cncc(CC(C)(C)C(N)=O)c1. The van der Waals surface area contributed by atoms with Crippen molar-refractivity contribution in [2.75, 3.05) is 7.11 Å². The third-order valence-electron chi connectivity index (χ3n) is 2.32. The van der Waals surface area contributed by atoms with Crippen LogP contribution in [0.2, 0.25) is 0 Å². The molecule has 2 N–H and O–H groups in total. The highest BCUT2D eigenvalue weighted by atomic mass is 16.5. The van der Waals surface area contributed by atoms with E-state index >= 15 is 0 Å². The molecule has 1 amide bonds. The van der Waals surface area contributed by atoms with Gasteiger partial charge < -0.3 is 10.5 Å². The van der Waals surface area contributed by atoms with Gasteiger partial charge in [-0.1, -0.05) is 13.8 Å². The van der Waals surface area contributed by atoms with E-state index in [9.17, 15) is 4.79 Å². The minimum Gasteiger partial charge on any atom is -0.495 e. The van der Waals surface area contributed by atoms with Crippen molar-refractivity contribution in [3.8, 4) is 5.75 Å². The molecule has 0 radical (unpaired) electrons. The van der Waals surface area contributed by atoms with Gasteiger partial charge in [-0.25, -0.2) is 0 Å². The normalized spacial score (nSPS) is 11.1. The zero-order valence-electron chi connectivity index (χ0n) is 9.28. The maximum atomic E-state index is 11.2. The molecule has 0 bridgehead atoms. The first-order chi connectivity index (χ1) is 6.95. The third-order valence-corrected chi connectivity index (χ3v) is 2.32. The summed E-state index contributed by atoms with van der Waals surface area (Å²) in [5, 5.41) is 0. The number of pyridine rings is 1. The van der Waals surface area contributed by atoms with Crippen LogP contribution in [0.25, 0.3) is 0 Å². The van der Waals surface area contributed by atoms with Crippen molar-refractivity contribution in [1.29, 1.82) is 0 Å². The van der Waals surface area contributed by atoms with Gasteiger partial charge >= 0.3 is 0 Å². The smallest absolute Gasteiger partial charge is 0.223 e. The molecular weight excluding hydrogens is 192 g/mol. The minimum atomic E-state index is -0.561. The number of carbonyl (C=O) groups is 1. The third kappa shape index (κ3) is 2.94. The molecule has 0 aromatic carbocycles. The molecule has 1 aromatic rings. The molecular formula is C11H16N2O2. The Labute approximate surface area is 89.5 Å². The number of primary amides is 1. The zero-order chi connectivity index (χ0) is 11.5.